The summed E-state index contributed by atoms with van der Waals surface area (Å²) in [6.45, 7) is 0.988. The second kappa shape index (κ2) is 6.07. The first-order valence-electron chi connectivity index (χ1n) is 7.90. The second-order valence-electron chi connectivity index (χ2n) is 6.12. The molecule has 7 heteroatoms. The van der Waals surface area contributed by atoms with Gasteiger partial charge in [0.1, 0.15) is 11.3 Å². The highest BCUT2D eigenvalue weighted by atomic mass is 32.2. The molecular weight excluding hydrogens is 328 g/mol. The molecule has 24 heavy (non-hydrogen) atoms. The highest BCUT2D eigenvalue weighted by Crippen LogP contribution is 2.23. The average molecular weight is 346 g/mol. The van der Waals surface area contributed by atoms with Crippen molar-refractivity contribution in [3.63, 3.8) is 0 Å². The quantitative estimate of drug-likeness (QED) is 0.707. The van der Waals surface area contributed by atoms with Gasteiger partial charge in [-0.1, -0.05) is 12.1 Å². The maximum absolute atomic E-state index is 11.9. The minimum absolute atomic E-state index is 0.0462. The molecule has 6 nitrogen and oxygen atoms in total. The Morgan fingerprint density at radius 2 is 2.04 bits per heavy atom. The van der Waals surface area contributed by atoms with Gasteiger partial charge in [-0.25, -0.2) is 13.4 Å². The Balaban J connectivity index is 1.59. The second-order valence-corrected chi connectivity index (χ2v) is 8.35. The lowest BCUT2D eigenvalue weighted by atomic mass is 10.2. The molecule has 3 heterocycles. The largest absolute Gasteiger partial charge is 0.468 e. The van der Waals surface area contributed by atoms with Crippen LogP contribution in [0.1, 0.15) is 18.1 Å². The zero-order valence-corrected chi connectivity index (χ0v) is 13.9. The number of furan rings is 1. The van der Waals surface area contributed by atoms with Gasteiger partial charge in [-0.15, -0.1) is 0 Å². The Labute approximate surface area is 140 Å². The van der Waals surface area contributed by atoms with Crippen molar-refractivity contribution in [2.24, 2.45) is 0 Å². The topological polar surface area (TPSA) is 76.6 Å². The van der Waals surface area contributed by atoms with E-state index in [-0.39, 0.29) is 17.5 Å². The van der Waals surface area contributed by atoms with E-state index in [0.717, 1.165) is 16.9 Å². The predicted molar refractivity (Wildman–Crippen MR) is 89.0 cm³/mol. The van der Waals surface area contributed by atoms with Crippen molar-refractivity contribution in [3.8, 4) is 0 Å². The molecule has 126 valence electrons. The van der Waals surface area contributed by atoms with E-state index in [9.17, 15) is 8.42 Å². The predicted octanol–water partition coefficient (Wildman–Crippen LogP) is 2.61. The summed E-state index contributed by atoms with van der Waals surface area (Å²) >= 11 is 0. The van der Waals surface area contributed by atoms with E-state index in [2.05, 4.69) is 9.88 Å². The SMILES string of the molecule is O=S1(=O)CCC(N(Cc2ccco2)Cc2nc3ccccc3o2)C1. The Bertz CT molecular complexity index is 898. The number of nitrogens with zero attached hydrogens (tertiary/aromatic N) is 2. The fourth-order valence-electron chi connectivity index (χ4n) is 3.14. The van der Waals surface area contributed by atoms with Crippen molar-refractivity contribution in [2.75, 3.05) is 11.5 Å². The Morgan fingerprint density at radius 3 is 2.75 bits per heavy atom. The minimum atomic E-state index is -2.96. The fraction of sp³-hybridized carbons (Fsp3) is 0.353. The van der Waals surface area contributed by atoms with Crippen LogP contribution in [-0.4, -0.2) is 35.8 Å². The van der Waals surface area contributed by atoms with Crippen LogP contribution in [0.5, 0.6) is 0 Å². The summed E-state index contributed by atoms with van der Waals surface area (Å²) in [4.78, 5) is 6.58. The first-order chi connectivity index (χ1) is 11.6. The van der Waals surface area contributed by atoms with Crippen LogP contribution >= 0.6 is 0 Å². The number of rotatable bonds is 5. The van der Waals surface area contributed by atoms with Crippen LogP contribution in [-0.2, 0) is 22.9 Å². The number of benzene rings is 1. The van der Waals surface area contributed by atoms with Crippen molar-refractivity contribution in [3.05, 3.63) is 54.3 Å². The van der Waals surface area contributed by atoms with E-state index in [1.165, 1.54) is 0 Å². The van der Waals surface area contributed by atoms with Crippen LogP contribution in [0, 0.1) is 0 Å². The van der Waals surface area contributed by atoms with Crippen LogP contribution in [0.4, 0.5) is 0 Å². The minimum Gasteiger partial charge on any atom is -0.468 e. The molecule has 0 spiro atoms. The number of fused-ring (bicyclic) bond motifs is 1. The highest BCUT2D eigenvalue weighted by Gasteiger charge is 2.33. The molecule has 1 unspecified atom stereocenters. The van der Waals surface area contributed by atoms with E-state index >= 15 is 0 Å². The average Bonchev–Trinajstić information content (AvgIpc) is 3.25. The van der Waals surface area contributed by atoms with Gasteiger partial charge < -0.3 is 8.83 Å². The fourth-order valence-corrected chi connectivity index (χ4v) is 4.90. The third kappa shape index (κ3) is 3.22. The van der Waals surface area contributed by atoms with Crippen LogP contribution < -0.4 is 0 Å². The van der Waals surface area contributed by atoms with E-state index < -0.39 is 9.84 Å². The van der Waals surface area contributed by atoms with Crippen molar-refractivity contribution in [1.29, 1.82) is 0 Å². The standard InChI is InChI=1S/C17H18N2O4S/c20-24(21)9-7-13(12-24)19(10-14-4-3-8-22-14)11-17-18-15-5-1-2-6-16(15)23-17/h1-6,8,13H,7,9-12H2. The summed E-state index contributed by atoms with van der Waals surface area (Å²) in [5.74, 6) is 1.80. The number of hydrogen-bond acceptors (Lipinski definition) is 6. The van der Waals surface area contributed by atoms with Gasteiger partial charge in [-0.2, -0.15) is 0 Å². The van der Waals surface area contributed by atoms with Crippen LogP contribution in [0.15, 0.2) is 51.5 Å². The molecule has 0 amide bonds. The zero-order chi connectivity index (χ0) is 16.6. The van der Waals surface area contributed by atoms with Gasteiger partial charge in [-0.3, -0.25) is 4.90 Å². The van der Waals surface area contributed by atoms with Crippen LogP contribution in [0.2, 0.25) is 0 Å². The molecule has 0 radical (unpaired) electrons. The monoisotopic (exact) mass is 346 g/mol. The van der Waals surface area contributed by atoms with E-state index in [1.54, 1.807) is 6.26 Å². The zero-order valence-electron chi connectivity index (χ0n) is 13.1. The molecule has 0 N–H and O–H groups in total. The van der Waals surface area contributed by atoms with Crippen molar-refractivity contribution < 1.29 is 17.3 Å². The van der Waals surface area contributed by atoms with E-state index in [0.29, 0.717) is 25.4 Å². The molecule has 1 atom stereocenters. The van der Waals surface area contributed by atoms with Gasteiger partial charge in [0.25, 0.3) is 0 Å². The third-order valence-corrected chi connectivity index (χ3v) is 6.09. The lowest BCUT2D eigenvalue weighted by Gasteiger charge is -2.25. The summed E-state index contributed by atoms with van der Waals surface area (Å²) in [7, 11) is -2.96. The summed E-state index contributed by atoms with van der Waals surface area (Å²) in [6, 6.07) is 11.3. The van der Waals surface area contributed by atoms with E-state index in [4.69, 9.17) is 8.83 Å². The van der Waals surface area contributed by atoms with Gasteiger partial charge in [0.05, 0.1) is 30.9 Å². The van der Waals surface area contributed by atoms with Crippen LogP contribution in [0.3, 0.4) is 0 Å². The van der Waals surface area contributed by atoms with E-state index in [1.807, 2.05) is 36.4 Å². The first kappa shape index (κ1) is 15.4. The first-order valence-corrected chi connectivity index (χ1v) is 9.72. The number of oxazole rings is 1. The van der Waals surface area contributed by atoms with Crippen LogP contribution in [0.25, 0.3) is 11.1 Å². The third-order valence-electron chi connectivity index (χ3n) is 4.34. The Morgan fingerprint density at radius 1 is 1.17 bits per heavy atom. The maximum Gasteiger partial charge on any atom is 0.209 e. The molecule has 1 fully saturated rings. The van der Waals surface area contributed by atoms with Crippen molar-refractivity contribution >= 4 is 20.9 Å². The molecule has 1 saturated heterocycles. The lowest BCUT2D eigenvalue weighted by Crippen LogP contribution is -2.35. The highest BCUT2D eigenvalue weighted by molar-refractivity contribution is 7.91. The van der Waals surface area contributed by atoms with Gasteiger partial charge in [-0.05, 0) is 30.7 Å². The molecule has 0 bridgehead atoms. The summed E-state index contributed by atoms with van der Waals surface area (Å²) in [5.41, 5.74) is 1.55. The van der Waals surface area contributed by atoms with Gasteiger partial charge in [0.2, 0.25) is 5.89 Å². The maximum atomic E-state index is 11.9. The molecule has 0 aliphatic carbocycles. The van der Waals surface area contributed by atoms with Gasteiger partial charge >= 0.3 is 0 Å². The van der Waals surface area contributed by atoms with Gasteiger partial charge in [0.15, 0.2) is 15.4 Å². The van der Waals surface area contributed by atoms with Crippen molar-refractivity contribution in [1.82, 2.24) is 9.88 Å². The number of hydrogen-bond donors (Lipinski definition) is 0. The van der Waals surface area contributed by atoms with Gasteiger partial charge in [0, 0.05) is 6.04 Å². The smallest absolute Gasteiger partial charge is 0.209 e. The number of aromatic nitrogens is 1. The molecular formula is C17H18N2O4S. The summed E-state index contributed by atoms with van der Waals surface area (Å²) < 4.78 is 34.9. The number of sulfone groups is 1. The molecule has 4 rings (SSSR count). The Kier molecular flexibility index (Phi) is 3.90. The molecule has 2 aromatic heterocycles. The molecule has 1 aliphatic heterocycles. The number of para-hydroxylation sites is 2. The normalized spacial score (nSPS) is 20.1. The summed E-state index contributed by atoms with van der Waals surface area (Å²) in [6.07, 6.45) is 2.25. The molecule has 1 aromatic carbocycles. The summed E-state index contributed by atoms with van der Waals surface area (Å²) in [5, 5.41) is 0. The van der Waals surface area contributed by atoms with Crippen molar-refractivity contribution in [2.45, 2.75) is 25.6 Å². The molecule has 0 saturated carbocycles. The molecule has 3 aromatic rings. The Hall–Kier alpha value is -2.12. The molecule has 1 aliphatic rings. The lowest BCUT2D eigenvalue weighted by molar-refractivity contribution is 0.164.